The average Bonchev–Trinajstić information content (AvgIpc) is 2.38. The van der Waals surface area contributed by atoms with Crippen molar-refractivity contribution in [2.75, 3.05) is 27.8 Å². The van der Waals surface area contributed by atoms with Gasteiger partial charge in [-0.15, -0.1) is 0 Å². The van der Waals surface area contributed by atoms with Crippen molar-refractivity contribution in [2.45, 2.75) is 19.8 Å². The Balaban J connectivity index is 2.85. The molecule has 1 aromatic rings. The highest BCUT2D eigenvalue weighted by atomic mass is 16.5. The van der Waals surface area contributed by atoms with E-state index in [4.69, 9.17) is 9.47 Å². The summed E-state index contributed by atoms with van der Waals surface area (Å²) in [6.45, 7) is 3.24. The van der Waals surface area contributed by atoms with Crippen LogP contribution in [0.2, 0.25) is 0 Å². The van der Waals surface area contributed by atoms with Gasteiger partial charge in [0.05, 0.1) is 14.2 Å². The molecule has 1 atom stereocenters. The molecule has 0 aliphatic rings. The van der Waals surface area contributed by atoms with Crippen LogP contribution in [0.4, 0.5) is 0 Å². The molecule has 3 nitrogen and oxygen atoms in total. The number of rotatable bonds is 7. The minimum atomic E-state index is 0.626. The largest absolute Gasteiger partial charge is 0.497 e. The van der Waals surface area contributed by atoms with Gasteiger partial charge in [-0.3, -0.25) is 0 Å². The van der Waals surface area contributed by atoms with Crippen LogP contribution < -0.4 is 14.8 Å². The van der Waals surface area contributed by atoms with E-state index in [1.807, 2.05) is 19.2 Å². The minimum absolute atomic E-state index is 0.626. The molecule has 0 saturated carbocycles. The summed E-state index contributed by atoms with van der Waals surface area (Å²) in [5.74, 6) is 2.46. The van der Waals surface area contributed by atoms with Crippen molar-refractivity contribution in [3.8, 4) is 11.5 Å². The Labute approximate surface area is 104 Å². The highest BCUT2D eigenvalue weighted by Crippen LogP contribution is 2.26. The number of hydrogen-bond acceptors (Lipinski definition) is 3. The molecule has 0 heterocycles. The fourth-order valence-corrected chi connectivity index (χ4v) is 2.00. The first kappa shape index (κ1) is 13.8. The lowest BCUT2D eigenvalue weighted by atomic mass is 9.96. The number of benzene rings is 1. The van der Waals surface area contributed by atoms with E-state index < -0.39 is 0 Å². The lowest BCUT2D eigenvalue weighted by molar-refractivity contribution is 0.391. The van der Waals surface area contributed by atoms with Crippen molar-refractivity contribution in [1.29, 1.82) is 0 Å². The maximum absolute atomic E-state index is 5.39. The highest BCUT2D eigenvalue weighted by Gasteiger charge is 2.11. The molecule has 0 aliphatic carbocycles. The van der Waals surface area contributed by atoms with Crippen LogP contribution in [0.1, 0.15) is 18.9 Å². The van der Waals surface area contributed by atoms with E-state index >= 15 is 0 Å². The third-order valence-electron chi connectivity index (χ3n) is 3.07. The van der Waals surface area contributed by atoms with Crippen LogP contribution in [-0.4, -0.2) is 27.8 Å². The van der Waals surface area contributed by atoms with E-state index in [-0.39, 0.29) is 0 Å². The zero-order valence-electron chi connectivity index (χ0n) is 11.2. The Bertz CT molecular complexity index is 339. The fraction of sp³-hybridized carbons (Fsp3) is 0.571. The normalized spacial score (nSPS) is 12.2. The summed E-state index contributed by atoms with van der Waals surface area (Å²) in [6.07, 6.45) is 2.17. The van der Waals surface area contributed by atoms with E-state index in [0.717, 1.165) is 30.9 Å². The van der Waals surface area contributed by atoms with Gasteiger partial charge in [-0.2, -0.15) is 0 Å². The first-order valence-electron chi connectivity index (χ1n) is 6.10. The summed E-state index contributed by atoms with van der Waals surface area (Å²) >= 11 is 0. The van der Waals surface area contributed by atoms with Crippen molar-refractivity contribution in [3.05, 3.63) is 23.8 Å². The fourth-order valence-electron chi connectivity index (χ4n) is 2.00. The van der Waals surface area contributed by atoms with E-state index in [1.165, 1.54) is 5.56 Å². The van der Waals surface area contributed by atoms with Gasteiger partial charge in [0.1, 0.15) is 11.5 Å². The maximum Gasteiger partial charge on any atom is 0.122 e. The van der Waals surface area contributed by atoms with E-state index in [2.05, 4.69) is 18.3 Å². The first-order chi connectivity index (χ1) is 8.24. The highest BCUT2D eigenvalue weighted by molar-refractivity contribution is 5.40. The van der Waals surface area contributed by atoms with Crippen LogP contribution in [-0.2, 0) is 6.42 Å². The molecule has 17 heavy (non-hydrogen) atoms. The molecule has 1 unspecified atom stereocenters. The molecule has 0 aliphatic heterocycles. The van der Waals surface area contributed by atoms with Gasteiger partial charge in [0, 0.05) is 0 Å². The summed E-state index contributed by atoms with van der Waals surface area (Å²) in [5.41, 5.74) is 1.22. The molecule has 0 fully saturated rings. The van der Waals surface area contributed by atoms with Crippen LogP contribution in [0.5, 0.6) is 11.5 Å². The maximum atomic E-state index is 5.39. The molecule has 0 aromatic heterocycles. The molecular weight excluding hydrogens is 214 g/mol. The van der Waals surface area contributed by atoms with Crippen molar-refractivity contribution < 1.29 is 9.47 Å². The van der Waals surface area contributed by atoms with E-state index in [1.54, 1.807) is 14.2 Å². The smallest absolute Gasteiger partial charge is 0.122 e. The summed E-state index contributed by atoms with van der Waals surface area (Å²) in [6, 6.07) is 5.97. The molecule has 3 heteroatoms. The Morgan fingerprint density at radius 2 is 2.00 bits per heavy atom. The Morgan fingerprint density at radius 1 is 1.24 bits per heavy atom. The minimum Gasteiger partial charge on any atom is -0.497 e. The monoisotopic (exact) mass is 237 g/mol. The molecule has 0 bridgehead atoms. The second-order valence-electron chi connectivity index (χ2n) is 4.21. The van der Waals surface area contributed by atoms with Gasteiger partial charge in [0.15, 0.2) is 0 Å². The average molecular weight is 237 g/mol. The van der Waals surface area contributed by atoms with Gasteiger partial charge in [-0.25, -0.2) is 0 Å². The van der Waals surface area contributed by atoms with E-state index in [0.29, 0.717) is 5.92 Å². The zero-order chi connectivity index (χ0) is 12.7. The topological polar surface area (TPSA) is 30.5 Å². The van der Waals surface area contributed by atoms with Gasteiger partial charge in [0.25, 0.3) is 0 Å². The first-order valence-corrected chi connectivity index (χ1v) is 6.10. The quantitative estimate of drug-likeness (QED) is 0.790. The molecule has 1 rings (SSSR count). The lowest BCUT2D eigenvalue weighted by Gasteiger charge is -2.17. The van der Waals surface area contributed by atoms with Crippen molar-refractivity contribution in [1.82, 2.24) is 5.32 Å². The predicted molar refractivity (Wildman–Crippen MR) is 71.0 cm³/mol. The Kier molecular flexibility index (Phi) is 5.84. The lowest BCUT2D eigenvalue weighted by Crippen LogP contribution is -2.20. The molecule has 0 amide bonds. The molecule has 0 saturated heterocycles. The number of ether oxygens (including phenoxy) is 2. The summed E-state index contributed by atoms with van der Waals surface area (Å²) in [5, 5.41) is 3.23. The van der Waals surface area contributed by atoms with Crippen LogP contribution in [0.15, 0.2) is 18.2 Å². The van der Waals surface area contributed by atoms with Crippen molar-refractivity contribution >= 4 is 0 Å². The second kappa shape index (κ2) is 7.17. The van der Waals surface area contributed by atoms with Crippen molar-refractivity contribution in [3.63, 3.8) is 0 Å². The van der Waals surface area contributed by atoms with Crippen molar-refractivity contribution in [2.24, 2.45) is 5.92 Å². The molecule has 96 valence electrons. The van der Waals surface area contributed by atoms with E-state index in [9.17, 15) is 0 Å². The second-order valence-corrected chi connectivity index (χ2v) is 4.21. The van der Waals surface area contributed by atoms with Crippen LogP contribution in [0, 0.1) is 5.92 Å². The standard InChI is InChI=1S/C14H23NO2/c1-5-11(10-15-2)8-12-9-13(16-3)6-7-14(12)17-4/h6-7,9,11,15H,5,8,10H2,1-4H3. The molecule has 0 spiro atoms. The third kappa shape index (κ3) is 3.93. The van der Waals surface area contributed by atoms with Gasteiger partial charge in [-0.05, 0) is 49.7 Å². The van der Waals surface area contributed by atoms with Gasteiger partial charge in [-0.1, -0.05) is 13.3 Å². The molecular formula is C14H23NO2. The molecule has 1 N–H and O–H groups in total. The Hall–Kier alpha value is -1.22. The summed E-state index contributed by atoms with van der Waals surface area (Å²) in [7, 11) is 5.40. The SMILES string of the molecule is CCC(CNC)Cc1cc(OC)ccc1OC. The predicted octanol–water partition coefficient (Wildman–Crippen LogP) is 2.49. The van der Waals surface area contributed by atoms with Gasteiger partial charge < -0.3 is 14.8 Å². The van der Waals surface area contributed by atoms with Crippen LogP contribution in [0.25, 0.3) is 0 Å². The summed E-state index contributed by atoms with van der Waals surface area (Å²) in [4.78, 5) is 0. The number of methoxy groups -OCH3 is 2. The van der Waals surface area contributed by atoms with Crippen LogP contribution >= 0.6 is 0 Å². The molecule has 0 radical (unpaired) electrons. The molecule has 1 aromatic carbocycles. The third-order valence-corrected chi connectivity index (χ3v) is 3.07. The summed E-state index contributed by atoms with van der Waals surface area (Å²) < 4.78 is 10.7. The number of nitrogens with one attached hydrogen (secondary N) is 1. The number of hydrogen-bond donors (Lipinski definition) is 1. The van der Waals surface area contributed by atoms with Crippen LogP contribution in [0.3, 0.4) is 0 Å². The Morgan fingerprint density at radius 3 is 2.53 bits per heavy atom. The zero-order valence-corrected chi connectivity index (χ0v) is 11.2. The van der Waals surface area contributed by atoms with Gasteiger partial charge >= 0.3 is 0 Å². The van der Waals surface area contributed by atoms with Gasteiger partial charge in [0.2, 0.25) is 0 Å².